The molecule has 0 heterocycles. The van der Waals surface area contributed by atoms with Crippen LogP contribution < -0.4 is 9.46 Å². The topological polar surface area (TPSA) is 55.4 Å². The summed E-state index contributed by atoms with van der Waals surface area (Å²) in [6.07, 6.45) is 0. The molecule has 0 radical (unpaired) electrons. The number of hydrogen-bond donors (Lipinski definition) is 1. The molecule has 0 aliphatic heterocycles. The van der Waals surface area contributed by atoms with E-state index in [9.17, 15) is 8.42 Å². The molecule has 3 aromatic carbocycles. The van der Waals surface area contributed by atoms with Gasteiger partial charge in [-0.25, -0.2) is 13.1 Å². The summed E-state index contributed by atoms with van der Waals surface area (Å²) in [6.45, 7) is 1.83. The minimum Gasteiger partial charge on any atom is -0.496 e. The first-order valence-corrected chi connectivity index (χ1v) is 9.14. The number of methoxy groups -OCH3 is 1. The Labute approximate surface area is 142 Å². The normalized spacial score (nSPS) is 12.9. The molecule has 0 spiro atoms. The SMILES string of the molecule is COc1ccc(S(=O)(=O)N[C@@H](C)c2ccccc2)c2ccccc12. The maximum atomic E-state index is 12.9. The summed E-state index contributed by atoms with van der Waals surface area (Å²) in [5.41, 5.74) is 0.916. The summed E-state index contributed by atoms with van der Waals surface area (Å²) >= 11 is 0. The minimum absolute atomic E-state index is 0.252. The van der Waals surface area contributed by atoms with E-state index in [1.54, 1.807) is 25.3 Å². The van der Waals surface area contributed by atoms with E-state index >= 15 is 0 Å². The molecule has 4 nitrogen and oxygen atoms in total. The molecule has 124 valence electrons. The number of hydrogen-bond acceptors (Lipinski definition) is 3. The summed E-state index contributed by atoms with van der Waals surface area (Å²) in [5.74, 6) is 0.653. The molecule has 0 aliphatic carbocycles. The molecule has 0 fully saturated rings. The van der Waals surface area contributed by atoms with Gasteiger partial charge in [-0.2, -0.15) is 0 Å². The van der Waals surface area contributed by atoms with E-state index in [1.807, 2.05) is 55.5 Å². The zero-order valence-corrected chi connectivity index (χ0v) is 14.4. The Morgan fingerprint density at radius 3 is 2.17 bits per heavy atom. The van der Waals surface area contributed by atoms with Crippen LogP contribution in [0.4, 0.5) is 0 Å². The van der Waals surface area contributed by atoms with Gasteiger partial charge in [-0.15, -0.1) is 0 Å². The van der Waals surface area contributed by atoms with Gasteiger partial charge in [-0.1, -0.05) is 54.6 Å². The van der Waals surface area contributed by atoms with Gasteiger partial charge in [-0.05, 0) is 24.6 Å². The van der Waals surface area contributed by atoms with Crippen LogP contribution >= 0.6 is 0 Å². The van der Waals surface area contributed by atoms with Crippen LogP contribution in [-0.4, -0.2) is 15.5 Å². The summed E-state index contributed by atoms with van der Waals surface area (Å²) in [7, 11) is -2.09. The van der Waals surface area contributed by atoms with Gasteiger partial charge in [0.05, 0.1) is 12.0 Å². The largest absolute Gasteiger partial charge is 0.496 e. The maximum absolute atomic E-state index is 12.9. The predicted octanol–water partition coefficient (Wildman–Crippen LogP) is 3.89. The molecule has 24 heavy (non-hydrogen) atoms. The smallest absolute Gasteiger partial charge is 0.241 e. The van der Waals surface area contributed by atoms with E-state index in [-0.39, 0.29) is 10.9 Å². The second-order valence-electron chi connectivity index (χ2n) is 5.57. The van der Waals surface area contributed by atoms with Gasteiger partial charge in [0.15, 0.2) is 0 Å². The Morgan fingerprint density at radius 1 is 0.875 bits per heavy atom. The van der Waals surface area contributed by atoms with E-state index in [0.29, 0.717) is 11.1 Å². The molecule has 0 saturated heterocycles. The molecule has 0 bridgehead atoms. The highest BCUT2D eigenvalue weighted by Crippen LogP contribution is 2.31. The molecule has 0 aliphatic rings. The zero-order chi connectivity index (χ0) is 17.2. The molecule has 5 heteroatoms. The monoisotopic (exact) mass is 341 g/mol. The third kappa shape index (κ3) is 3.13. The van der Waals surface area contributed by atoms with Crippen molar-refractivity contribution in [3.05, 3.63) is 72.3 Å². The van der Waals surface area contributed by atoms with Gasteiger partial charge in [0.1, 0.15) is 5.75 Å². The molecule has 0 aromatic heterocycles. The van der Waals surface area contributed by atoms with Crippen LogP contribution in [0.3, 0.4) is 0 Å². The lowest BCUT2D eigenvalue weighted by Crippen LogP contribution is -2.27. The number of rotatable bonds is 5. The Bertz CT molecular complexity index is 953. The molecule has 1 atom stereocenters. The number of ether oxygens (including phenoxy) is 1. The van der Waals surface area contributed by atoms with Gasteiger partial charge in [0, 0.05) is 16.8 Å². The lowest BCUT2D eigenvalue weighted by molar-refractivity contribution is 0.419. The second kappa shape index (κ2) is 6.63. The van der Waals surface area contributed by atoms with E-state index < -0.39 is 10.0 Å². The van der Waals surface area contributed by atoms with E-state index in [1.165, 1.54) is 0 Å². The standard InChI is InChI=1S/C19H19NO3S/c1-14(15-8-4-3-5-9-15)20-24(21,22)19-13-12-18(23-2)16-10-6-7-11-17(16)19/h3-14,20H,1-2H3/t14-/m0/s1. The highest BCUT2D eigenvalue weighted by molar-refractivity contribution is 7.89. The fourth-order valence-corrected chi connectivity index (χ4v) is 4.21. The minimum atomic E-state index is -3.66. The average Bonchev–Trinajstić information content (AvgIpc) is 2.61. The summed E-state index contributed by atoms with van der Waals surface area (Å²) in [4.78, 5) is 0.252. The number of benzene rings is 3. The van der Waals surface area contributed by atoms with Gasteiger partial charge in [0.25, 0.3) is 0 Å². The first kappa shape index (κ1) is 16.5. The van der Waals surface area contributed by atoms with Gasteiger partial charge < -0.3 is 4.74 Å². The van der Waals surface area contributed by atoms with Crippen molar-refractivity contribution in [2.24, 2.45) is 0 Å². The fraction of sp³-hybridized carbons (Fsp3) is 0.158. The molecule has 1 N–H and O–H groups in total. The second-order valence-corrected chi connectivity index (χ2v) is 7.25. The first-order valence-electron chi connectivity index (χ1n) is 7.66. The number of nitrogens with one attached hydrogen (secondary N) is 1. The van der Waals surface area contributed by atoms with Crippen LogP contribution in [0.1, 0.15) is 18.5 Å². The third-order valence-electron chi connectivity index (χ3n) is 3.98. The van der Waals surface area contributed by atoms with Crippen molar-refractivity contribution in [1.82, 2.24) is 4.72 Å². The third-order valence-corrected chi connectivity index (χ3v) is 5.58. The van der Waals surface area contributed by atoms with Crippen LogP contribution in [-0.2, 0) is 10.0 Å². The van der Waals surface area contributed by atoms with Gasteiger partial charge in [-0.3, -0.25) is 0 Å². The molecule has 3 aromatic rings. The molecule has 0 unspecified atom stereocenters. The lowest BCUT2D eigenvalue weighted by atomic mass is 10.1. The van der Waals surface area contributed by atoms with Gasteiger partial charge >= 0.3 is 0 Å². The Hall–Kier alpha value is -2.37. The molecule has 3 rings (SSSR count). The number of fused-ring (bicyclic) bond motifs is 1. The molecular weight excluding hydrogens is 322 g/mol. The van der Waals surface area contributed by atoms with Crippen molar-refractivity contribution >= 4 is 20.8 Å². The van der Waals surface area contributed by atoms with Crippen LogP contribution in [0.2, 0.25) is 0 Å². The quantitative estimate of drug-likeness (QED) is 0.766. The average molecular weight is 341 g/mol. The molecular formula is C19H19NO3S. The van der Waals surface area contributed by atoms with Crippen molar-refractivity contribution in [3.8, 4) is 5.75 Å². The summed E-state index contributed by atoms with van der Waals surface area (Å²) in [6, 6.07) is 19.8. The van der Waals surface area contributed by atoms with Crippen LogP contribution in [0.15, 0.2) is 71.6 Å². The van der Waals surface area contributed by atoms with Crippen LogP contribution in [0, 0.1) is 0 Å². The summed E-state index contributed by atoms with van der Waals surface area (Å²) < 4.78 is 33.8. The van der Waals surface area contributed by atoms with E-state index in [2.05, 4.69) is 4.72 Å². The lowest BCUT2D eigenvalue weighted by Gasteiger charge is -2.16. The first-order chi connectivity index (χ1) is 11.5. The van der Waals surface area contributed by atoms with Crippen molar-refractivity contribution < 1.29 is 13.2 Å². The van der Waals surface area contributed by atoms with E-state index in [4.69, 9.17) is 4.74 Å². The summed E-state index contributed by atoms with van der Waals surface area (Å²) in [5, 5.41) is 1.42. The Morgan fingerprint density at radius 2 is 1.50 bits per heavy atom. The highest BCUT2D eigenvalue weighted by atomic mass is 32.2. The van der Waals surface area contributed by atoms with Crippen LogP contribution in [0.5, 0.6) is 5.75 Å². The Balaban J connectivity index is 2.03. The predicted molar refractivity (Wildman–Crippen MR) is 95.7 cm³/mol. The van der Waals surface area contributed by atoms with Crippen LogP contribution in [0.25, 0.3) is 10.8 Å². The van der Waals surface area contributed by atoms with Gasteiger partial charge in [0.2, 0.25) is 10.0 Å². The number of sulfonamides is 1. The van der Waals surface area contributed by atoms with Crippen molar-refractivity contribution in [3.63, 3.8) is 0 Å². The van der Waals surface area contributed by atoms with Crippen molar-refractivity contribution in [2.75, 3.05) is 7.11 Å². The van der Waals surface area contributed by atoms with Crippen molar-refractivity contribution in [1.29, 1.82) is 0 Å². The Kier molecular flexibility index (Phi) is 4.55. The molecule has 0 amide bonds. The molecule has 0 saturated carbocycles. The highest BCUT2D eigenvalue weighted by Gasteiger charge is 2.21. The fourth-order valence-electron chi connectivity index (χ4n) is 2.76. The van der Waals surface area contributed by atoms with Crippen molar-refractivity contribution in [2.45, 2.75) is 17.9 Å². The zero-order valence-electron chi connectivity index (χ0n) is 13.6. The van der Waals surface area contributed by atoms with E-state index in [0.717, 1.165) is 10.9 Å². The maximum Gasteiger partial charge on any atom is 0.241 e.